The predicted molar refractivity (Wildman–Crippen MR) is 83.6 cm³/mol. The van der Waals surface area contributed by atoms with Crippen LogP contribution in [0.1, 0.15) is 6.42 Å². The largest absolute Gasteiger partial charge is 0.481 e. The summed E-state index contributed by atoms with van der Waals surface area (Å²) in [5.74, 6) is -6.86. The molecule has 1 aromatic carbocycles. The lowest BCUT2D eigenvalue weighted by molar-refractivity contribution is -0.146. The van der Waals surface area contributed by atoms with Gasteiger partial charge in [-0.2, -0.15) is 8.78 Å². The van der Waals surface area contributed by atoms with E-state index in [-0.39, 0.29) is 17.5 Å². The second-order valence-electron chi connectivity index (χ2n) is 6.16. The number of halogens is 2. The van der Waals surface area contributed by atoms with Crippen LogP contribution in [0.15, 0.2) is 41.3 Å². The Morgan fingerprint density at radius 1 is 1.08 bits per heavy atom. The number of hydrogen-bond acceptors (Lipinski definition) is 4. The smallest absolute Gasteiger partial charge is 0.341 e. The number of sulfone groups is 1. The molecule has 2 aliphatic carbocycles. The van der Waals surface area contributed by atoms with Crippen LogP contribution >= 0.6 is 0 Å². The molecule has 0 saturated heterocycles. The minimum atomic E-state index is -4.70. The third-order valence-corrected chi connectivity index (χ3v) is 6.13. The zero-order valence-corrected chi connectivity index (χ0v) is 13.6. The summed E-state index contributed by atoms with van der Waals surface area (Å²) >= 11 is 0. The van der Waals surface area contributed by atoms with Crippen LogP contribution in [-0.4, -0.2) is 31.2 Å². The van der Waals surface area contributed by atoms with E-state index in [1.165, 1.54) is 12.1 Å². The van der Waals surface area contributed by atoms with Gasteiger partial charge in [-0.05, 0) is 42.5 Å². The first kappa shape index (κ1) is 17.5. The van der Waals surface area contributed by atoms with E-state index in [2.05, 4.69) is 5.32 Å². The Labute approximate surface area is 142 Å². The molecular weight excluding hydrogens is 356 g/mol. The Morgan fingerprint density at radius 2 is 1.64 bits per heavy atom. The zero-order chi connectivity index (χ0) is 18.4. The lowest BCUT2D eigenvalue weighted by Crippen LogP contribution is -2.36. The van der Waals surface area contributed by atoms with E-state index in [0.29, 0.717) is 6.42 Å². The molecule has 6 nitrogen and oxygen atoms in total. The third kappa shape index (κ3) is 3.04. The number of hydrogen-bond donors (Lipinski definition) is 2. The van der Waals surface area contributed by atoms with Crippen LogP contribution in [0.3, 0.4) is 0 Å². The average Bonchev–Trinajstić information content (AvgIpc) is 3.16. The highest BCUT2D eigenvalue weighted by Gasteiger charge is 2.51. The summed E-state index contributed by atoms with van der Waals surface area (Å²) in [5, 5.41) is 11.9. The molecule has 1 fully saturated rings. The van der Waals surface area contributed by atoms with Crippen LogP contribution in [-0.2, 0) is 19.4 Å². The highest BCUT2D eigenvalue weighted by Crippen LogP contribution is 2.48. The summed E-state index contributed by atoms with van der Waals surface area (Å²) in [4.78, 5) is 23.3. The molecule has 2 aliphatic rings. The summed E-state index contributed by atoms with van der Waals surface area (Å²) < 4.78 is 47.7. The summed E-state index contributed by atoms with van der Waals surface area (Å²) in [6, 6.07) is 4.36. The fourth-order valence-electron chi connectivity index (χ4n) is 3.57. The van der Waals surface area contributed by atoms with E-state index in [9.17, 15) is 31.9 Å². The Morgan fingerprint density at radius 3 is 2.16 bits per heavy atom. The number of nitrogens with one attached hydrogen (secondary N) is 1. The van der Waals surface area contributed by atoms with Gasteiger partial charge in [-0.3, -0.25) is 9.59 Å². The zero-order valence-electron chi connectivity index (χ0n) is 12.8. The number of carbonyl (C=O) groups excluding carboxylic acids is 1. The van der Waals surface area contributed by atoms with E-state index in [1.807, 2.05) is 12.2 Å². The highest BCUT2D eigenvalue weighted by atomic mass is 32.2. The first-order valence-electron chi connectivity index (χ1n) is 7.56. The summed E-state index contributed by atoms with van der Waals surface area (Å²) in [6.45, 7) is 0. The van der Waals surface area contributed by atoms with Crippen LogP contribution in [0.5, 0.6) is 0 Å². The number of carboxylic acids is 1. The van der Waals surface area contributed by atoms with Gasteiger partial charge in [-0.25, -0.2) is 8.42 Å². The molecular formula is C16H15F2NO5S. The van der Waals surface area contributed by atoms with Crippen LogP contribution in [0, 0.1) is 23.7 Å². The van der Waals surface area contributed by atoms with Gasteiger partial charge in [0.1, 0.15) is 0 Å². The van der Waals surface area contributed by atoms with E-state index in [0.717, 1.165) is 12.1 Å². The van der Waals surface area contributed by atoms with Crippen molar-refractivity contribution in [1.29, 1.82) is 0 Å². The lowest BCUT2D eigenvalue weighted by Gasteiger charge is -2.23. The number of carboxylic acid groups (broad SMARTS) is 1. The average molecular weight is 371 g/mol. The maximum absolute atomic E-state index is 12.5. The SMILES string of the molecule is O=C(O)[C@H]1[C@H](C(=O)Nc2ccc(S(=O)(=O)C(F)F)cc2)[C@H]2C=C[C@H]1C2. The van der Waals surface area contributed by atoms with Crippen LogP contribution < -0.4 is 5.32 Å². The lowest BCUT2D eigenvalue weighted by atomic mass is 9.82. The molecule has 3 rings (SSSR count). The number of allylic oxidation sites excluding steroid dienone is 2. The molecule has 1 aromatic rings. The van der Waals surface area contributed by atoms with E-state index in [4.69, 9.17) is 0 Å². The summed E-state index contributed by atoms with van der Waals surface area (Å²) in [5.41, 5.74) is 0.217. The molecule has 0 unspecified atom stereocenters. The number of amides is 1. The molecule has 1 amide bonds. The van der Waals surface area contributed by atoms with Gasteiger partial charge in [-0.15, -0.1) is 0 Å². The third-order valence-electron chi connectivity index (χ3n) is 4.73. The number of aliphatic carboxylic acids is 1. The molecule has 0 heterocycles. The van der Waals surface area contributed by atoms with Crippen LogP contribution in [0.2, 0.25) is 0 Å². The summed E-state index contributed by atoms with van der Waals surface area (Å²) in [6.07, 6.45) is 4.27. The van der Waals surface area contributed by atoms with Gasteiger partial charge in [0.05, 0.1) is 16.7 Å². The minimum Gasteiger partial charge on any atom is -0.481 e. The van der Waals surface area contributed by atoms with Gasteiger partial charge in [0.2, 0.25) is 15.7 Å². The van der Waals surface area contributed by atoms with Crippen molar-refractivity contribution >= 4 is 27.4 Å². The topological polar surface area (TPSA) is 101 Å². The number of alkyl halides is 2. The quantitative estimate of drug-likeness (QED) is 0.773. The maximum atomic E-state index is 12.5. The normalized spacial score (nSPS) is 27.6. The highest BCUT2D eigenvalue weighted by molar-refractivity contribution is 7.91. The van der Waals surface area contributed by atoms with Gasteiger partial charge in [0, 0.05) is 5.69 Å². The Kier molecular flexibility index (Phi) is 4.36. The van der Waals surface area contributed by atoms with Crippen LogP contribution in [0.25, 0.3) is 0 Å². The van der Waals surface area contributed by atoms with E-state index >= 15 is 0 Å². The molecule has 0 aromatic heterocycles. The van der Waals surface area contributed by atoms with Crippen molar-refractivity contribution in [1.82, 2.24) is 0 Å². The Hall–Kier alpha value is -2.29. The van der Waals surface area contributed by atoms with Crippen molar-refractivity contribution < 1.29 is 31.9 Å². The molecule has 2 bridgehead atoms. The van der Waals surface area contributed by atoms with Crippen molar-refractivity contribution in [2.45, 2.75) is 17.1 Å². The number of benzene rings is 1. The summed E-state index contributed by atoms with van der Waals surface area (Å²) in [7, 11) is -4.70. The molecule has 0 radical (unpaired) electrons. The van der Waals surface area contributed by atoms with Gasteiger partial charge >= 0.3 is 11.7 Å². The number of fused-ring (bicyclic) bond motifs is 2. The van der Waals surface area contributed by atoms with Crippen molar-refractivity contribution in [2.24, 2.45) is 23.7 Å². The Bertz CT molecular complexity index is 835. The number of carbonyl (C=O) groups is 2. The maximum Gasteiger partial charge on any atom is 0.341 e. The van der Waals surface area contributed by atoms with Gasteiger partial charge in [0.25, 0.3) is 0 Å². The van der Waals surface area contributed by atoms with Crippen LogP contribution in [0.4, 0.5) is 14.5 Å². The van der Waals surface area contributed by atoms with Crippen molar-refractivity contribution in [3.63, 3.8) is 0 Å². The molecule has 1 saturated carbocycles. The van der Waals surface area contributed by atoms with Crippen molar-refractivity contribution in [3.8, 4) is 0 Å². The van der Waals surface area contributed by atoms with E-state index < -0.39 is 44.2 Å². The molecule has 0 aliphatic heterocycles. The molecule has 9 heteroatoms. The second-order valence-corrected chi connectivity index (χ2v) is 8.08. The fraction of sp³-hybridized carbons (Fsp3) is 0.375. The number of anilines is 1. The van der Waals surface area contributed by atoms with Crippen molar-refractivity contribution in [3.05, 3.63) is 36.4 Å². The van der Waals surface area contributed by atoms with Gasteiger partial charge in [-0.1, -0.05) is 12.2 Å². The van der Waals surface area contributed by atoms with Crippen molar-refractivity contribution in [2.75, 3.05) is 5.32 Å². The minimum absolute atomic E-state index is 0.149. The number of rotatable bonds is 5. The molecule has 134 valence electrons. The van der Waals surface area contributed by atoms with Gasteiger partial charge < -0.3 is 10.4 Å². The Balaban J connectivity index is 1.76. The van der Waals surface area contributed by atoms with E-state index in [1.54, 1.807) is 0 Å². The second kappa shape index (κ2) is 6.21. The first-order valence-corrected chi connectivity index (χ1v) is 9.10. The first-order chi connectivity index (χ1) is 11.7. The molecule has 0 spiro atoms. The molecule has 2 N–H and O–H groups in total. The molecule has 4 atom stereocenters. The monoisotopic (exact) mass is 371 g/mol. The van der Waals surface area contributed by atoms with Gasteiger partial charge in [0.15, 0.2) is 0 Å². The predicted octanol–water partition coefficient (Wildman–Crippen LogP) is 2.14. The molecule has 25 heavy (non-hydrogen) atoms. The standard InChI is InChI=1S/C16H15F2NO5S/c17-16(18)25(23,24)11-5-3-10(4-6-11)19-14(20)12-8-1-2-9(7-8)13(12)15(21)22/h1-6,8-9,12-13,16H,7H2,(H,19,20)(H,21,22)/t8-,9-,12+,13+/m0/s1. The fourth-order valence-corrected chi connectivity index (χ4v) is 4.29.